The van der Waals surface area contributed by atoms with E-state index in [0.717, 1.165) is 5.56 Å². The topological polar surface area (TPSA) is 38.3 Å². The van der Waals surface area contributed by atoms with Crippen molar-refractivity contribution in [1.82, 2.24) is 0 Å². The lowest BCUT2D eigenvalue weighted by Crippen LogP contribution is -2.14. The van der Waals surface area contributed by atoms with Crippen molar-refractivity contribution in [3.8, 4) is 12.3 Å². The molecule has 2 aromatic carbocycles. The Hall–Kier alpha value is -2.80. The van der Waals surface area contributed by atoms with Gasteiger partial charge in [-0.2, -0.15) is 0 Å². The quantitative estimate of drug-likeness (QED) is 0.865. The highest BCUT2D eigenvalue weighted by Gasteiger charge is 2.08. The van der Waals surface area contributed by atoms with Crippen LogP contribution in [-0.2, 0) is 11.3 Å². The highest BCUT2D eigenvalue weighted by atomic mass is 19.1. The van der Waals surface area contributed by atoms with Crippen molar-refractivity contribution in [2.45, 2.75) is 6.61 Å². The fraction of sp³-hybridized carbons (Fsp3) is 0.0625. The molecule has 0 fully saturated rings. The fourth-order valence-electron chi connectivity index (χ4n) is 1.58. The molecule has 0 aliphatic heterocycles. The van der Waals surface area contributed by atoms with Crippen LogP contribution in [0.15, 0.2) is 48.5 Å². The number of hydrogen-bond acceptors (Lipinski definition) is 2. The number of terminal acetylenes is 1. The summed E-state index contributed by atoms with van der Waals surface area (Å²) < 4.78 is 18.6. The minimum absolute atomic E-state index is 0.0297. The second kappa shape index (κ2) is 6.39. The highest BCUT2D eigenvalue weighted by molar-refractivity contribution is 5.84. The minimum atomic E-state index is -0.721. The van der Waals surface area contributed by atoms with E-state index in [4.69, 9.17) is 11.2 Å². The monoisotopic (exact) mass is 269 g/mol. The molecule has 2 rings (SSSR count). The van der Waals surface area contributed by atoms with E-state index >= 15 is 0 Å². The zero-order chi connectivity index (χ0) is 14.4. The molecular formula is C16H12FNO2. The van der Waals surface area contributed by atoms with E-state index in [0.29, 0.717) is 5.56 Å². The summed E-state index contributed by atoms with van der Waals surface area (Å²) in [6.07, 6.45) is 4.43. The normalized spacial score (nSPS) is 9.60. The highest BCUT2D eigenvalue weighted by Crippen LogP contribution is 2.15. The lowest BCUT2D eigenvalue weighted by Gasteiger charge is -2.08. The molecule has 0 unspecified atom stereocenters. The van der Waals surface area contributed by atoms with Crippen LogP contribution in [0.1, 0.15) is 11.1 Å². The molecule has 100 valence electrons. The van der Waals surface area contributed by atoms with Crippen molar-refractivity contribution < 1.29 is 13.9 Å². The minimum Gasteiger partial charge on any atom is -0.444 e. The van der Waals surface area contributed by atoms with E-state index in [2.05, 4.69) is 11.2 Å². The van der Waals surface area contributed by atoms with Crippen LogP contribution in [0.2, 0.25) is 0 Å². The summed E-state index contributed by atoms with van der Waals surface area (Å²) in [7, 11) is 0. The third-order valence-corrected chi connectivity index (χ3v) is 2.59. The standard InChI is InChI=1S/C16H12FNO2/c1-2-12-8-9-15(14(17)10-12)18-16(19)20-11-13-6-4-3-5-7-13/h1,3-10H,11H2,(H,18,19). The SMILES string of the molecule is C#Cc1ccc(NC(=O)OCc2ccccc2)c(F)c1. The van der Waals surface area contributed by atoms with E-state index in [-0.39, 0.29) is 12.3 Å². The number of carbonyl (C=O) groups excluding carboxylic acids is 1. The lowest BCUT2D eigenvalue weighted by atomic mass is 10.2. The number of carbonyl (C=O) groups is 1. The molecule has 2 aromatic rings. The largest absolute Gasteiger partial charge is 0.444 e. The Morgan fingerprint density at radius 2 is 2.00 bits per heavy atom. The number of amides is 1. The molecule has 0 heterocycles. The average Bonchev–Trinajstić information content (AvgIpc) is 2.48. The maximum absolute atomic E-state index is 13.6. The van der Waals surface area contributed by atoms with Crippen molar-refractivity contribution >= 4 is 11.8 Å². The molecule has 0 radical (unpaired) electrons. The van der Waals surface area contributed by atoms with E-state index in [9.17, 15) is 9.18 Å². The van der Waals surface area contributed by atoms with Gasteiger partial charge in [-0.25, -0.2) is 9.18 Å². The summed E-state index contributed by atoms with van der Waals surface area (Å²) in [4.78, 5) is 11.6. The van der Waals surface area contributed by atoms with E-state index in [1.165, 1.54) is 18.2 Å². The number of benzene rings is 2. The zero-order valence-corrected chi connectivity index (χ0v) is 10.6. The molecule has 0 aromatic heterocycles. The summed E-state index contributed by atoms with van der Waals surface area (Å²) in [5, 5.41) is 2.33. The van der Waals surface area contributed by atoms with Crippen molar-refractivity contribution in [3.63, 3.8) is 0 Å². The van der Waals surface area contributed by atoms with Crippen molar-refractivity contribution in [2.24, 2.45) is 0 Å². The average molecular weight is 269 g/mol. The van der Waals surface area contributed by atoms with Gasteiger partial charge in [0.15, 0.2) is 0 Å². The number of halogens is 1. The smallest absolute Gasteiger partial charge is 0.412 e. The van der Waals surface area contributed by atoms with Gasteiger partial charge in [0.05, 0.1) is 5.69 Å². The second-order valence-electron chi connectivity index (χ2n) is 4.03. The Morgan fingerprint density at radius 1 is 1.25 bits per heavy atom. The van der Waals surface area contributed by atoms with Crippen LogP contribution >= 0.6 is 0 Å². The first-order valence-electron chi connectivity index (χ1n) is 5.93. The fourth-order valence-corrected chi connectivity index (χ4v) is 1.58. The van der Waals surface area contributed by atoms with Gasteiger partial charge in [0.1, 0.15) is 12.4 Å². The van der Waals surface area contributed by atoms with E-state index in [1.54, 1.807) is 0 Å². The van der Waals surface area contributed by atoms with Gasteiger partial charge in [-0.3, -0.25) is 5.32 Å². The first-order chi connectivity index (χ1) is 9.69. The van der Waals surface area contributed by atoms with Crippen LogP contribution in [0.3, 0.4) is 0 Å². The van der Waals surface area contributed by atoms with Crippen LogP contribution in [0.25, 0.3) is 0 Å². The van der Waals surface area contributed by atoms with Crippen LogP contribution in [0.4, 0.5) is 14.9 Å². The van der Waals surface area contributed by atoms with E-state index in [1.807, 2.05) is 30.3 Å². The molecule has 1 amide bonds. The molecular weight excluding hydrogens is 257 g/mol. The molecule has 0 atom stereocenters. The third-order valence-electron chi connectivity index (χ3n) is 2.59. The van der Waals surface area contributed by atoms with Gasteiger partial charge in [0, 0.05) is 5.56 Å². The Bertz CT molecular complexity index is 647. The predicted molar refractivity (Wildman–Crippen MR) is 74.6 cm³/mol. The summed E-state index contributed by atoms with van der Waals surface area (Å²) >= 11 is 0. The zero-order valence-electron chi connectivity index (χ0n) is 10.6. The van der Waals surface area contributed by atoms with E-state index < -0.39 is 11.9 Å². The molecule has 0 saturated heterocycles. The van der Waals surface area contributed by atoms with Crippen molar-refractivity contribution in [2.75, 3.05) is 5.32 Å². The summed E-state index contributed by atoms with van der Waals surface area (Å²) in [6, 6.07) is 13.3. The number of rotatable bonds is 3. The molecule has 0 bridgehead atoms. The van der Waals surface area contributed by atoms with Gasteiger partial charge in [-0.05, 0) is 23.8 Å². The Labute approximate surface area is 116 Å². The Kier molecular flexibility index (Phi) is 4.35. The van der Waals surface area contributed by atoms with Gasteiger partial charge in [-0.15, -0.1) is 6.42 Å². The molecule has 0 saturated carbocycles. The van der Waals surface area contributed by atoms with Crippen molar-refractivity contribution in [1.29, 1.82) is 0 Å². The predicted octanol–water partition coefficient (Wildman–Crippen LogP) is 3.56. The molecule has 1 N–H and O–H groups in total. The molecule has 3 nitrogen and oxygen atoms in total. The Morgan fingerprint density at radius 3 is 2.65 bits per heavy atom. The number of anilines is 1. The lowest BCUT2D eigenvalue weighted by molar-refractivity contribution is 0.155. The molecule has 20 heavy (non-hydrogen) atoms. The first-order valence-corrected chi connectivity index (χ1v) is 5.93. The van der Waals surface area contributed by atoms with Crippen LogP contribution in [0.5, 0.6) is 0 Å². The first kappa shape index (κ1) is 13.6. The second-order valence-corrected chi connectivity index (χ2v) is 4.03. The summed E-state index contributed by atoms with van der Waals surface area (Å²) in [5.74, 6) is 1.71. The Balaban J connectivity index is 1.93. The number of ether oxygens (including phenoxy) is 1. The molecule has 0 aliphatic rings. The third kappa shape index (κ3) is 3.59. The maximum atomic E-state index is 13.6. The van der Waals surface area contributed by atoms with Gasteiger partial charge >= 0.3 is 6.09 Å². The van der Waals surface area contributed by atoms with Crippen LogP contribution < -0.4 is 5.32 Å². The van der Waals surface area contributed by atoms with Gasteiger partial charge in [-0.1, -0.05) is 36.3 Å². The van der Waals surface area contributed by atoms with Gasteiger partial charge in [0.2, 0.25) is 0 Å². The summed E-state index contributed by atoms with van der Waals surface area (Å²) in [5.41, 5.74) is 1.29. The maximum Gasteiger partial charge on any atom is 0.412 e. The molecule has 0 spiro atoms. The van der Waals surface area contributed by atoms with Gasteiger partial charge < -0.3 is 4.74 Å². The molecule has 0 aliphatic carbocycles. The van der Waals surface area contributed by atoms with Crippen LogP contribution in [0, 0.1) is 18.2 Å². The van der Waals surface area contributed by atoms with Crippen LogP contribution in [-0.4, -0.2) is 6.09 Å². The van der Waals surface area contributed by atoms with Crippen molar-refractivity contribution in [3.05, 3.63) is 65.5 Å². The van der Waals surface area contributed by atoms with Gasteiger partial charge in [0.25, 0.3) is 0 Å². The molecule has 4 heteroatoms. The summed E-state index contributed by atoms with van der Waals surface area (Å²) in [6.45, 7) is 0.122. The number of hydrogen-bond donors (Lipinski definition) is 1. The number of nitrogens with one attached hydrogen (secondary N) is 1.